The van der Waals surface area contributed by atoms with Crippen LogP contribution in [0.1, 0.15) is 58.3 Å². The van der Waals surface area contributed by atoms with E-state index < -0.39 is 0 Å². The first-order valence-electron chi connectivity index (χ1n) is 7.99. The fourth-order valence-electron chi connectivity index (χ4n) is 3.29. The van der Waals surface area contributed by atoms with Crippen LogP contribution in [0.15, 0.2) is 0 Å². The van der Waals surface area contributed by atoms with E-state index in [2.05, 4.69) is 17.1 Å². The highest BCUT2D eigenvalue weighted by molar-refractivity contribution is 5.77. The van der Waals surface area contributed by atoms with E-state index in [1.807, 2.05) is 0 Å². The quantitative estimate of drug-likeness (QED) is 0.737. The van der Waals surface area contributed by atoms with Gasteiger partial charge in [-0.15, -0.1) is 0 Å². The van der Waals surface area contributed by atoms with Gasteiger partial charge < -0.3 is 11.1 Å². The Labute approximate surface area is 117 Å². The highest BCUT2D eigenvalue weighted by Crippen LogP contribution is 2.25. The molecule has 2 fully saturated rings. The maximum absolute atomic E-state index is 12.0. The summed E-state index contributed by atoms with van der Waals surface area (Å²) in [6.07, 6.45) is 9.43. The highest BCUT2D eigenvalue weighted by atomic mass is 16.1. The Kier molecular flexibility index (Phi) is 5.64. The summed E-state index contributed by atoms with van der Waals surface area (Å²) in [5, 5.41) is 3.08. The third-order valence-electron chi connectivity index (χ3n) is 4.51. The van der Waals surface area contributed by atoms with Crippen LogP contribution in [-0.2, 0) is 4.79 Å². The number of hydrogen-bond donors (Lipinski definition) is 2. The van der Waals surface area contributed by atoms with Crippen LogP contribution in [0.2, 0.25) is 0 Å². The van der Waals surface area contributed by atoms with E-state index in [0.29, 0.717) is 25.0 Å². The minimum absolute atomic E-state index is 0.187. The van der Waals surface area contributed by atoms with Crippen LogP contribution in [0.3, 0.4) is 0 Å². The molecule has 1 atom stereocenters. The Balaban J connectivity index is 1.86. The van der Waals surface area contributed by atoms with Crippen molar-refractivity contribution in [2.75, 3.05) is 13.1 Å². The SMILES string of the molecule is CCN(C1CCCCC1)C(CN)CC(=O)NC1CC1. The molecule has 0 saturated heterocycles. The van der Waals surface area contributed by atoms with Crippen LogP contribution in [0, 0.1) is 0 Å². The van der Waals surface area contributed by atoms with Crippen LogP contribution in [0.5, 0.6) is 0 Å². The molecule has 1 unspecified atom stereocenters. The van der Waals surface area contributed by atoms with Crippen LogP contribution in [0.4, 0.5) is 0 Å². The van der Waals surface area contributed by atoms with E-state index in [9.17, 15) is 4.79 Å². The first-order chi connectivity index (χ1) is 9.24. The van der Waals surface area contributed by atoms with E-state index in [1.54, 1.807) is 0 Å². The molecule has 0 heterocycles. The van der Waals surface area contributed by atoms with Crippen molar-refractivity contribution in [3.8, 4) is 0 Å². The maximum atomic E-state index is 12.0. The number of hydrogen-bond acceptors (Lipinski definition) is 3. The molecule has 4 heteroatoms. The van der Waals surface area contributed by atoms with E-state index >= 15 is 0 Å². The second-order valence-corrected chi connectivity index (χ2v) is 6.06. The zero-order valence-corrected chi connectivity index (χ0v) is 12.2. The lowest BCUT2D eigenvalue weighted by Crippen LogP contribution is -2.49. The maximum Gasteiger partial charge on any atom is 0.221 e. The minimum Gasteiger partial charge on any atom is -0.353 e. The number of rotatable bonds is 7. The number of nitrogens with two attached hydrogens (primary N) is 1. The van der Waals surface area contributed by atoms with Gasteiger partial charge in [-0.3, -0.25) is 9.69 Å². The Bertz CT molecular complexity index is 285. The van der Waals surface area contributed by atoms with Gasteiger partial charge in [0.2, 0.25) is 5.91 Å². The van der Waals surface area contributed by atoms with Crippen molar-refractivity contribution < 1.29 is 4.79 Å². The van der Waals surface area contributed by atoms with Gasteiger partial charge in [0.05, 0.1) is 0 Å². The topological polar surface area (TPSA) is 58.4 Å². The number of likely N-dealkylation sites (N-methyl/N-ethyl adjacent to an activating group) is 1. The summed E-state index contributed by atoms with van der Waals surface area (Å²) in [7, 11) is 0. The van der Waals surface area contributed by atoms with Crippen molar-refractivity contribution in [3.63, 3.8) is 0 Å². The zero-order chi connectivity index (χ0) is 13.7. The van der Waals surface area contributed by atoms with Gasteiger partial charge in [-0.25, -0.2) is 0 Å². The lowest BCUT2D eigenvalue weighted by molar-refractivity contribution is -0.122. The molecule has 0 aliphatic heterocycles. The third-order valence-corrected chi connectivity index (χ3v) is 4.51. The molecule has 19 heavy (non-hydrogen) atoms. The molecule has 0 bridgehead atoms. The zero-order valence-electron chi connectivity index (χ0n) is 12.2. The predicted molar refractivity (Wildman–Crippen MR) is 77.9 cm³/mol. The second kappa shape index (κ2) is 7.25. The largest absolute Gasteiger partial charge is 0.353 e. The average molecular weight is 267 g/mol. The second-order valence-electron chi connectivity index (χ2n) is 6.06. The molecular formula is C15H29N3O. The highest BCUT2D eigenvalue weighted by Gasteiger charge is 2.29. The molecule has 110 valence electrons. The summed E-state index contributed by atoms with van der Waals surface area (Å²) in [6.45, 7) is 3.78. The smallest absolute Gasteiger partial charge is 0.221 e. The molecular weight excluding hydrogens is 238 g/mol. The number of nitrogens with zero attached hydrogens (tertiary/aromatic N) is 1. The molecule has 0 spiro atoms. The van der Waals surface area contributed by atoms with Crippen LogP contribution in [-0.4, -0.2) is 42.0 Å². The molecule has 1 amide bonds. The molecule has 2 aliphatic carbocycles. The lowest BCUT2D eigenvalue weighted by Gasteiger charge is -2.38. The van der Waals surface area contributed by atoms with Gasteiger partial charge in [-0.1, -0.05) is 26.2 Å². The summed E-state index contributed by atoms with van der Waals surface area (Å²) >= 11 is 0. The van der Waals surface area contributed by atoms with Gasteiger partial charge in [0.1, 0.15) is 0 Å². The first kappa shape index (κ1) is 14.8. The van der Waals surface area contributed by atoms with Crippen molar-refractivity contribution in [1.29, 1.82) is 0 Å². The minimum atomic E-state index is 0.187. The van der Waals surface area contributed by atoms with Crippen molar-refractivity contribution in [2.45, 2.75) is 76.4 Å². The van der Waals surface area contributed by atoms with Crippen molar-refractivity contribution >= 4 is 5.91 Å². The lowest BCUT2D eigenvalue weighted by atomic mass is 9.92. The van der Waals surface area contributed by atoms with Crippen LogP contribution < -0.4 is 11.1 Å². The Morgan fingerprint density at radius 3 is 2.47 bits per heavy atom. The standard InChI is InChI=1S/C15H29N3O/c1-2-18(13-6-4-3-5-7-13)14(11-16)10-15(19)17-12-8-9-12/h12-14H,2-11,16H2,1H3,(H,17,19). The predicted octanol–water partition coefficient (Wildman–Crippen LogP) is 1.64. The number of carbonyl (C=O) groups excluding carboxylic acids is 1. The van der Waals surface area contributed by atoms with Crippen molar-refractivity contribution in [1.82, 2.24) is 10.2 Å². The van der Waals surface area contributed by atoms with Crippen LogP contribution in [0.25, 0.3) is 0 Å². The van der Waals surface area contributed by atoms with Gasteiger partial charge in [0, 0.05) is 31.1 Å². The van der Waals surface area contributed by atoms with E-state index in [-0.39, 0.29) is 11.9 Å². The number of amides is 1. The molecule has 2 rings (SSSR count). The van der Waals surface area contributed by atoms with Gasteiger partial charge in [0.15, 0.2) is 0 Å². The van der Waals surface area contributed by atoms with Gasteiger partial charge >= 0.3 is 0 Å². The monoisotopic (exact) mass is 267 g/mol. The summed E-state index contributed by atoms with van der Waals surface area (Å²) in [5.74, 6) is 0.187. The molecule has 0 radical (unpaired) electrons. The van der Waals surface area contributed by atoms with E-state index in [1.165, 1.54) is 32.1 Å². The Morgan fingerprint density at radius 2 is 1.95 bits per heavy atom. The molecule has 0 aromatic heterocycles. The van der Waals surface area contributed by atoms with Gasteiger partial charge in [-0.2, -0.15) is 0 Å². The normalized spacial score (nSPS) is 22.5. The molecule has 0 aromatic rings. The van der Waals surface area contributed by atoms with Crippen LogP contribution >= 0.6 is 0 Å². The van der Waals surface area contributed by atoms with E-state index in [0.717, 1.165) is 19.4 Å². The summed E-state index contributed by atoms with van der Waals surface area (Å²) in [4.78, 5) is 14.5. The molecule has 0 aromatic carbocycles. The van der Waals surface area contributed by atoms with Gasteiger partial charge in [-0.05, 0) is 32.2 Å². The average Bonchev–Trinajstić information content (AvgIpc) is 3.23. The van der Waals surface area contributed by atoms with Crippen molar-refractivity contribution in [3.05, 3.63) is 0 Å². The fourth-order valence-corrected chi connectivity index (χ4v) is 3.29. The third kappa shape index (κ3) is 4.46. The summed E-state index contributed by atoms with van der Waals surface area (Å²) in [6, 6.07) is 1.31. The molecule has 3 N–H and O–H groups in total. The molecule has 2 aliphatic rings. The number of nitrogens with one attached hydrogen (secondary N) is 1. The first-order valence-corrected chi connectivity index (χ1v) is 7.99. The Morgan fingerprint density at radius 1 is 1.26 bits per heavy atom. The summed E-state index contributed by atoms with van der Waals surface area (Å²) < 4.78 is 0. The van der Waals surface area contributed by atoms with E-state index in [4.69, 9.17) is 5.73 Å². The molecule has 2 saturated carbocycles. The fraction of sp³-hybridized carbons (Fsp3) is 0.933. The number of carbonyl (C=O) groups is 1. The van der Waals surface area contributed by atoms with Crippen molar-refractivity contribution in [2.24, 2.45) is 5.73 Å². The molecule has 4 nitrogen and oxygen atoms in total. The summed E-state index contributed by atoms with van der Waals surface area (Å²) in [5.41, 5.74) is 5.93. The Hall–Kier alpha value is -0.610. The van der Waals surface area contributed by atoms with Gasteiger partial charge in [0.25, 0.3) is 0 Å².